The Bertz CT molecular complexity index is 1140. The number of thiophene rings is 1. The third-order valence-corrected chi connectivity index (χ3v) is 7.41. The van der Waals surface area contributed by atoms with E-state index in [1.54, 1.807) is 7.11 Å². The van der Waals surface area contributed by atoms with E-state index < -0.39 is 0 Å². The highest BCUT2D eigenvalue weighted by Crippen LogP contribution is 2.37. The lowest BCUT2D eigenvalue weighted by atomic mass is 10.1. The number of hydrogen-bond donors (Lipinski definition) is 1. The van der Waals surface area contributed by atoms with Crippen LogP contribution < -0.4 is 10.9 Å². The van der Waals surface area contributed by atoms with Gasteiger partial charge in [-0.15, -0.1) is 11.3 Å². The molecule has 7 heteroatoms. The van der Waals surface area contributed by atoms with Crippen molar-refractivity contribution in [2.24, 2.45) is 5.92 Å². The summed E-state index contributed by atoms with van der Waals surface area (Å²) in [6, 6.07) is 8.03. The average Bonchev–Trinajstić information content (AvgIpc) is 3.53. The number of hydrogen-bond acceptors (Lipinski definition) is 5. The number of carbonyl (C=O) groups excluding carboxylic acids is 1. The van der Waals surface area contributed by atoms with Crippen molar-refractivity contribution in [1.82, 2.24) is 14.8 Å². The van der Waals surface area contributed by atoms with Crippen LogP contribution >= 0.6 is 11.3 Å². The molecule has 0 bridgehead atoms. The number of ether oxygens (including phenoxy) is 1. The van der Waals surface area contributed by atoms with Crippen LogP contribution in [0.3, 0.4) is 0 Å². The largest absolute Gasteiger partial charge is 0.380 e. The molecule has 1 amide bonds. The molecular weight excluding hydrogens is 410 g/mol. The summed E-state index contributed by atoms with van der Waals surface area (Å²) < 4.78 is 8.22. The molecule has 0 unspecified atom stereocenters. The molecule has 0 spiro atoms. The number of carbonyl (C=O) groups is 1. The average molecular weight is 442 g/mol. The molecule has 2 heterocycles. The predicted molar refractivity (Wildman–Crippen MR) is 127 cm³/mol. The number of nitrogens with zero attached hydrogens (tertiary/aromatic N) is 2. The standard InChI is InChI=1S/C24H31N3O3S/c1-4-26(5-2)13-12-25-23(28)22-18(15-30-3)20-21(31-22)17-8-6-7-9-19(17)27(24(20)29)14-16-10-11-16/h6-9,16H,4-5,10-15H2,1-3H3,(H,25,28). The van der Waals surface area contributed by atoms with E-state index in [0.717, 1.165) is 41.8 Å². The molecule has 1 aliphatic carbocycles. The van der Waals surface area contributed by atoms with Crippen LogP contribution in [0.1, 0.15) is 41.9 Å². The highest BCUT2D eigenvalue weighted by atomic mass is 32.1. The first-order valence-electron chi connectivity index (χ1n) is 11.1. The van der Waals surface area contributed by atoms with Crippen LogP contribution in [0, 0.1) is 5.92 Å². The molecule has 1 aliphatic rings. The van der Waals surface area contributed by atoms with Gasteiger partial charge in [0.25, 0.3) is 11.5 Å². The summed E-state index contributed by atoms with van der Waals surface area (Å²) in [6.45, 7) is 8.51. The Hall–Kier alpha value is -2.22. The monoisotopic (exact) mass is 441 g/mol. The van der Waals surface area contributed by atoms with Crippen LogP contribution in [0.25, 0.3) is 21.0 Å². The van der Waals surface area contributed by atoms with Gasteiger partial charge in [-0.2, -0.15) is 0 Å². The molecule has 4 rings (SSSR count). The SMILES string of the molecule is CCN(CC)CCNC(=O)c1sc2c(c1COC)c(=O)n(CC1CC1)c1ccccc21. The second kappa shape index (κ2) is 9.51. The molecule has 3 aromatic rings. The molecule has 1 aromatic carbocycles. The van der Waals surface area contributed by atoms with Gasteiger partial charge in [-0.25, -0.2) is 0 Å². The van der Waals surface area contributed by atoms with Crippen LogP contribution in [0.15, 0.2) is 29.1 Å². The molecule has 1 N–H and O–H groups in total. The second-order valence-corrected chi connectivity index (χ2v) is 9.23. The predicted octanol–water partition coefficient (Wildman–Crippen LogP) is 3.84. The second-order valence-electron chi connectivity index (χ2n) is 8.21. The molecular formula is C24H31N3O3S. The number of methoxy groups -OCH3 is 1. The van der Waals surface area contributed by atoms with Crippen molar-refractivity contribution in [1.29, 1.82) is 0 Å². The Labute approximate surface area is 186 Å². The van der Waals surface area contributed by atoms with Gasteiger partial charge in [0.1, 0.15) is 0 Å². The number of nitrogens with one attached hydrogen (secondary N) is 1. The van der Waals surface area contributed by atoms with Crippen molar-refractivity contribution in [3.05, 3.63) is 45.1 Å². The molecule has 2 aromatic heterocycles. The van der Waals surface area contributed by atoms with Crippen molar-refractivity contribution >= 4 is 38.2 Å². The lowest BCUT2D eigenvalue weighted by molar-refractivity contribution is 0.0948. The Morgan fingerprint density at radius 1 is 1.26 bits per heavy atom. The summed E-state index contributed by atoms with van der Waals surface area (Å²) in [5.74, 6) is 0.448. The fourth-order valence-corrected chi connectivity index (χ4v) is 5.43. The van der Waals surface area contributed by atoms with Crippen molar-refractivity contribution in [2.75, 3.05) is 33.3 Å². The first-order valence-corrected chi connectivity index (χ1v) is 12.0. The summed E-state index contributed by atoms with van der Waals surface area (Å²) in [4.78, 5) is 29.6. The maximum atomic E-state index is 13.6. The molecule has 1 fully saturated rings. The zero-order valence-corrected chi connectivity index (χ0v) is 19.4. The van der Waals surface area contributed by atoms with Crippen molar-refractivity contribution in [3.63, 3.8) is 0 Å². The molecule has 0 saturated heterocycles. The molecule has 0 radical (unpaired) electrons. The number of aromatic nitrogens is 1. The third kappa shape index (κ3) is 4.40. The summed E-state index contributed by atoms with van der Waals surface area (Å²) in [7, 11) is 1.61. The van der Waals surface area contributed by atoms with Crippen LogP contribution in [-0.2, 0) is 17.9 Å². The zero-order valence-electron chi connectivity index (χ0n) is 18.6. The van der Waals surface area contributed by atoms with E-state index in [0.29, 0.717) is 28.3 Å². The first kappa shape index (κ1) is 22.0. The van der Waals surface area contributed by atoms with E-state index >= 15 is 0 Å². The van der Waals surface area contributed by atoms with Gasteiger partial charge in [-0.05, 0) is 37.9 Å². The minimum atomic E-state index is -0.127. The van der Waals surface area contributed by atoms with Crippen LogP contribution in [0.2, 0.25) is 0 Å². The number of benzene rings is 1. The molecule has 0 atom stereocenters. The van der Waals surface area contributed by atoms with E-state index in [1.165, 1.54) is 24.2 Å². The third-order valence-electron chi connectivity index (χ3n) is 6.15. The number of likely N-dealkylation sites (N-methyl/N-ethyl adjacent to an activating group) is 1. The highest BCUT2D eigenvalue weighted by molar-refractivity contribution is 7.22. The van der Waals surface area contributed by atoms with Gasteiger partial charge in [0.15, 0.2) is 0 Å². The minimum Gasteiger partial charge on any atom is -0.380 e. The van der Waals surface area contributed by atoms with E-state index in [2.05, 4.69) is 30.1 Å². The van der Waals surface area contributed by atoms with Crippen LogP contribution in [-0.4, -0.2) is 48.7 Å². The van der Waals surface area contributed by atoms with Crippen LogP contribution in [0.4, 0.5) is 0 Å². The molecule has 31 heavy (non-hydrogen) atoms. The fourth-order valence-electron chi connectivity index (χ4n) is 4.18. The number of amides is 1. The smallest absolute Gasteiger partial charge is 0.261 e. The summed E-state index contributed by atoms with van der Waals surface area (Å²) in [5, 5.41) is 4.72. The van der Waals surface area contributed by atoms with Crippen molar-refractivity contribution in [2.45, 2.75) is 39.8 Å². The van der Waals surface area contributed by atoms with Crippen molar-refractivity contribution < 1.29 is 9.53 Å². The maximum Gasteiger partial charge on any atom is 0.261 e. The number of para-hydroxylation sites is 1. The van der Waals surface area contributed by atoms with Gasteiger partial charge in [-0.1, -0.05) is 32.0 Å². The quantitative estimate of drug-likeness (QED) is 0.519. The molecule has 1 saturated carbocycles. The Morgan fingerprint density at radius 3 is 2.68 bits per heavy atom. The normalized spacial score (nSPS) is 14.1. The molecule has 166 valence electrons. The zero-order chi connectivity index (χ0) is 22.0. The first-order chi connectivity index (χ1) is 15.1. The lowest BCUT2D eigenvalue weighted by Crippen LogP contribution is -2.34. The van der Waals surface area contributed by atoms with E-state index in [1.807, 2.05) is 22.8 Å². The number of pyridine rings is 1. The van der Waals surface area contributed by atoms with Gasteiger partial charge < -0.3 is 19.5 Å². The highest BCUT2D eigenvalue weighted by Gasteiger charge is 2.27. The Kier molecular flexibility index (Phi) is 6.74. The van der Waals surface area contributed by atoms with Crippen LogP contribution in [0.5, 0.6) is 0 Å². The van der Waals surface area contributed by atoms with Crippen molar-refractivity contribution in [3.8, 4) is 0 Å². The minimum absolute atomic E-state index is 0.00825. The Balaban J connectivity index is 1.78. The number of rotatable bonds is 10. The van der Waals surface area contributed by atoms with E-state index in [4.69, 9.17) is 4.74 Å². The maximum absolute atomic E-state index is 13.6. The summed E-state index contributed by atoms with van der Waals surface area (Å²) >= 11 is 1.41. The summed E-state index contributed by atoms with van der Waals surface area (Å²) in [6.07, 6.45) is 2.35. The van der Waals surface area contributed by atoms with Gasteiger partial charge >= 0.3 is 0 Å². The molecule has 0 aliphatic heterocycles. The van der Waals surface area contributed by atoms with Gasteiger partial charge in [0.2, 0.25) is 0 Å². The van der Waals surface area contributed by atoms with Gasteiger partial charge in [-0.3, -0.25) is 9.59 Å². The van der Waals surface area contributed by atoms with Gasteiger partial charge in [0, 0.05) is 37.7 Å². The van der Waals surface area contributed by atoms with E-state index in [9.17, 15) is 9.59 Å². The van der Waals surface area contributed by atoms with Gasteiger partial charge in [0.05, 0.1) is 27.1 Å². The Morgan fingerprint density at radius 2 is 2.00 bits per heavy atom. The lowest BCUT2D eigenvalue weighted by Gasteiger charge is -2.17. The molecule has 6 nitrogen and oxygen atoms in total. The topological polar surface area (TPSA) is 63.6 Å². The number of fused-ring (bicyclic) bond motifs is 3. The summed E-state index contributed by atoms with van der Waals surface area (Å²) in [5.41, 5.74) is 1.65. The fraction of sp³-hybridized carbons (Fsp3) is 0.500. The van der Waals surface area contributed by atoms with E-state index in [-0.39, 0.29) is 18.1 Å².